The molecule has 0 aromatic carbocycles. The van der Waals surface area contributed by atoms with Gasteiger partial charge in [-0.05, 0) is 12.3 Å². The van der Waals surface area contributed by atoms with Crippen molar-refractivity contribution in [1.29, 1.82) is 0 Å². The van der Waals surface area contributed by atoms with Gasteiger partial charge in [0.25, 0.3) is 0 Å². The van der Waals surface area contributed by atoms with Gasteiger partial charge in [-0.25, -0.2) is 0 Å². The lowest BCUT2D eigenvalue weighted by Gasteiger charge is -2.14. The Morgan fingerprint density at radius 1 is 1.64 bits per heavy atom. The Morgan fingerprint density at radius 2 is 2.18 bits per heavy atom. The van der Waals surface area contributed by atoms with E-state index >= 15 is 0 Å². The van der Waals surface area contributed by atoms with E-state index in [0.29, 0.717) is 13.0 Å². The monoisotopic (exact) mass is 157 g/mol. The molecule has 0 heterocycles. The zero-order valence-electron chi connectivity index (χ0n) is 7.26. The van der Waals surface area contributed by atoms with Gasteiger partial charge in [0.2, 0.25) is 5.91 Å². The molecular weight excluding hydrogens is 140 g/mol. The molecule has 0 aromatic rings. The SMILES string of the molecule is [CH2]CCNC(=O)C(N)C(C)C. The summed E-state index contributed by atoms with van der Waals surface area (Å²) >= 11 is 0. The summed E-state index contributed by atoms with van der Waals surface area (Å²) in [5, 5.41) is 2.69. The first-order valence-electron chi connectivity index (χ1n) is 3.92. The predicted molar refractivity (Wildman–Crippen MR) is 45.8 cm³/mol. The molecule has 1 unspecified atom stereocenters. The van der Waals surface area contributed by atoms with Crippen molar-refractivity contribution in [3.05, 3.63) is 6.92 Å². The molecule has 3 heteroatoms. The van der Waals surface area contributed by atoms with Gasteiger partial charge >= 0.3 is 0 Å². The molecule has 0 bridgehead atoms. The summed E-state index contributed by atoms with van der Waals surface area (Å²) in [6.07, 6.45) is 0.705. The van der Waals surface area contributed by atoms with Crippen LogP contribution in [0.4, 0.5) is 0 Å². The van der Waals surface area contributed by atoms with Gasteiger partial charge < -0.3 is 11.1 Å². The summed E-state index contributed by atoms with van der Waals surface area (Å²) in [6, 6.07) is -0.387. The molecule has 1 radical (unpaired) electrons. The number of nitrogens with two attached hydrogens (primary N) is 1. The van der Waals surface area contributed by atoms with Gasteiger partial charge in [-0.1, -0.05) is 20.8 Å². The Labute approximate surface area is 68.3 Å². The lowest BCUT2D eigenvalue weighted by molar-refractivity contribution is -0.123. The third-order valence-electron chi connectivity index (χ3n) is 1.50. The largest absolute Gasteiger partial charge is 0.355 e. The fourth-order valence-electron chi connectivity index (χ4n) is 0.632. The Kier molecular flexibility index (Phi) is 4.86. The molecule has 1 amide bonds. The molecule has 3 nitrogen and oxygen atoms in total. The van der Waals surface area contributed by atoms with Gasteiger partial charge in [-0.2, -0.15) is 0 Å². The van der Waals surface area contributed by atoms with Crippen molar-refractivity contribution in [2.24, 2.45) is 11.7 Å². The summed E-state index contributed by atoms with van der Waals surface area (Å²) < 4.78 is 0. The summed E-state index contributed by atoms with van der Waals surface area (Å²) in [4.78, 5) is 11.1. The average molecular weight is 157 g/mol. The van der Waals surface area contributed by atoms with Crippen LogP contribution in [0, 0.1) is 12.8 Å². The lowest BCUT2D eigenvalue weighted by atomic mass is 10.1. The zero-order valence-corrected chi connectivity index (χ0v) is 7.26. The fraction of sp³-hybridized carbons (Fsp3) is 0.750. The fourth-order valence-corrected chi connectivity index (χ4v) is 0.632. The molecule has 0 aliphatic rings. The summed E-state index contributed by atoms with van der Waals surface area (Å²) in [5.74, 6) is 0.114. The maximum atomic E-state index is 11.1. The lowest BCUT2D eigenvalue weighted by Crippen LogP contribution is -2.44. The zero-order chi connectivity index (χ0) is 8.85. The minimum Gasteiger partial charge on any atom is -0.355 e. The van der Waals surface area contributed by atoms with E-state index in [0.717, 1.165) is 0 Å². The topological polar surface area (TPSA) is 55.1 Å². The highest BCUT2D eigenvalue weighted by atomic mass is 16.2. The highest BCUT2D eigenvalue weighted by molar-refractivity contribution is 5.81. The first-order chi connectivity index (χ1) is 5.09. The van der Waals surface area contributed by atoms with E-state index in [1.165, 1.54) is 0 Å². The van der Waals surface area contributed by atoms with E-state index < -0.39 is 0 Å². The van der Waals surface area contributed by atoms with Crippen LogP contribution in [0.15, 0.2) is 0 Å². The van der Waals surface area contributed by atoms with Crippen LogP contribution >= 0.6 is 0 Å². The van der Waals surface area contributed by atoms with Crippen molar-refractivity contribution >= 4 is 5.91 Å². The molecule has 0 saturated carbocycles. The van der Waals surface area contributed by atoms with Crippen molar-refractivity contribution in [1.82, 2.24) is 5.32 Å². The second-order valence-corrected chi connectivity index (χ2v) is 2.91. The molecule has 3 N–H and O–H groups in total. The van der Waals surface area contributed by atoms with Crippen LogP contribution in [0.25, 0.3) is 0 Å². The minimum atomic E-state index is -0.387. The highest BCUT2D eigenvalue weighted by Gasteiger charge is 2.15. The number of amides is 1. The van der Waals surface area contributed by atoms with E-state index in [9.17, 15) is 4.79 Å². The Balaban J connectivity index is 3.64. The van der Waals surface area contributed by atoms with Crippen LogP contribution in [-0.4, -0.2) is 18.5 Å². The van der Waals surface area contributed by atoms with Crippen molar-refractivity contribution < 1.29 is 4.79 Å². The maximum absolute atomic E-state index is 11.1. The number of rotatable bonds is 4. The molecule has 0 aliphatic heterocycles. The Hall–Kier alpha value is -0.570. The second kappa shape index (κ2) is 5.13. The predicted octanol–water partition coefficient (Wildman–Crippen LogP) is 0.310. The molecular formula is C8H17N2O. The quantitative estimate of drug-likeness (QED) is 0.617. The smallest absolute Gasteiger partial charge is 0.237 e. The van der Waals surface area contributed by atoms with Crippen LogP contribution in [0.5, 0.6) is 0 Å². The van der Waals surface area contributed by atoms with Gasteiger partial charge in [0, 0.05) is 6.54 Å². The number of nitrogens with one attached hydrogen (secondary N) is 1. The Bertz CT molecular complexity index is 123. The molecule has 11 heavy (non-hydrogen) atoms. The van der Waals surface area contributed by atoms with Gasteiger partial charge in [0.1, 0.15) is 0 Å². The third-order valence-corrected chi connectivity index (χ3v) is 1.50. The third kappa shape index (κ3) is 3.98. The minimum absolute atomic E-state index is 0.0800. The molecule has 65 valence electrons. The second-order valence-electron chi connectivity index (χ2n) is 2.91. The van der Waals surface area contributed by atoms with Crippen LogP contribution in [0.2, 0.25) is 0 Å². The molecule has 0 saturated heterocycles. The summed E-state index contributed by atoms with van der Waals surface area (Å²) in [6.45, 7) is 8.07. The van der Waals surface area contributed by atoms with E-state index in [1.54, 1.807) is 0 Å². The van der Waals surface area contributed by atoms with E-state index in [1.807, 2.05) is 13.8 Å². The maximum Gasteiger partial charge on any atom is 0.237 e. The van der Waals surface area contributed by atoms with Crippen molar-refractivity contribution in [3.8, 4) is 0 Å². The van der Waals surface area contributed by atoms with Gasteiger partial charge in [-0.3, -0.25) is 4.79 Å². The molecule has 0 fully saturated rings. The number of hydrogen-bond acceptors (Lipinski definition) is 2. The molecule has 0 rings (SSSR count). The van der Waals surface area contributed by atoms with Crippen LogP contribution in [-0.2, 0) is 4.79 Å². The normalized spacial score (nSPS) is 13.2. The van der Waals surface area contributed by atoms with Gasteiger partial charge in [0.05, 0.1) is 6.04 Å². The van der Waals surface area contributed by atoms with Gasteiger partial charge in [-0.15, -0.1) is 0 Å². The molecule has 0 aromatic heterocycles. The highest BCUT2D eigenvalue weighted by Crippen LogP contribution is 1.97. The summed E-state index contributed by atoms with van der Waals surface area (Å²) in [5.41, 5.74) is 5.57. The standard InChI is InChI=1S/C8H17N2O/c1-4-5-10-8(11)7(9)6(2)3/h6-7H,1,4-5,9H2,2-3H3,(H,10,11). The van der Waals surface area contributed by atoms with Crippen molar-refractivity contribution in [2.45, 2.75) is 26.3 Å². The van der Waals surface area contributed by atoms with Crippen LogP contribution in [0.3, 0.4) is 0 Å². The van der Waals surface area contributed by atoms with Crippen LogP contribution in [0.1, 0.15) is 20.3 Å². The van der Waals surface area contributed by atoms with Crippen LogP contribution < -0.4 is 11.1 Å². The first-order valence-corrected chi connectivity index (χ1v) is 3.92. The van der Waals surface area contributed by atoms with Crippen molar-refractivity contribution in [2.75, 3.05) is 6.54 Å². The van der Waals surface area contributed by atoms with E-state index in [4.69, 9.17) is 5.73 Å². The molecule has 1 atom stereocenters. The average Bonchev–Trinajstić information content (AvgIpc) is 1.98. The molecule has 0 aliphatic carbocycles. The van der Waals surface area contributed by atoms with E-state index in [-0.39, 0.29) is 17.9 Å². The number of hydrogen-bond donors (Lipinski definition) is 2. The molecule has 0 spiro atoms. The summed E-state index contributed by atoms with van der Waals surface area (Å²) in [7, 11) is 0. The Morgan fingerprint density at radius 3 is 2.55 bits per heavy atom. The first kappa shape index (κ1) is 10.4. The number of carbonyl (C=O) groups excluding carboxylic acids is 1. The number of carbonyl (C=O) groups is 1. The van der Waals surface area contributed by atoms with Gasteiger partial charge in [0.15, 0.2) is 0 Å². The van der Waals surface area contributed by atoms with E-state index in [2.05, 4.69) is 12.2 Å². The van der Waals surface area contributed by atoms with Crippen molar-refractivity contribution in [3.63, 3.8) is 0 Å².